The van der Waals surface area contributed by atoms with Crippen molar-refractivity contribution in [1.29, 1.82) is 0 Å². The maximum absolute atomic E-state index is 6.57. The summed E-state index contributed by atoms with van der Waals surface area (Å²) >= 11 is 25.9. The van der Waals surface area contributed by atoms with Gasteiger partial charge in [0.05, 0.1) is 22.1 Å². The molecule has 4 aromatic carbocycles. The van der Waals surface area contributed by atoms with Gasteiger partial charge in [-0.05, 0) is 48.5 Å². The molecule has 4 aromatic rings. The van der Waals surface area contributed by atoms with Crippen molar-refractivity contribution in [3.8, 4) is 0 Å². The quantitative estimate of drug-likeness (QED) is 0.347. The normalized spacial score (nSPS) is 18.2. The second-order valence-corrected chi connectivity index (χ2v) is 8.89. The van der Waals surface area contributed by atoms with Crippen LogP contribution in [-0.2, 0) is 0 Å². The van der Waals surface area contributed by atoms with Crippen molar-refractivity contribution in [3.63, 3.8) is 0 Å². The molecule has 0 amide bonds. The zero-order valence-corrected chi connectivity index (χ0v) is 19.5. The molecule has 0 bridgehead atoms. The number of hydrogen-bond acceptors (Lipinski definition) is 2. The lowest BCUT2D eigenvalue weighted by Crippen LogP contribution is -2.35. The molecule has 0 saturated carbocycles. The van der Waals surface area contributed by atoms with Crippen LogP contribution in [0, 0.1) is 0 Å². The van der Waals surface area contributed by atoms with E-state index in [1.54, 1.807) is 12.1 Å². The third-order valence-corrected chi connectivity index (χ3v) is 6.28. The monoisotopic (exact) mass is 494 g/mol. The third kappa shape index (κ3) is 3.96. The fourth-order valence-corrected chi connectivity index (χ4v) is 4.46. The van der Waals surface area contributed by atoms with Gasteiger partial charge in [0.25, 0.3) is 0 Å². The molecule has 1 heterocycles. The minimum Gasteiger partial charge on any atom is -0.247 e. The van der Waals surface area contributed by atoms with E-state index in [0.717, 1.165) is 21.6 Å². The SMILES string of the molecule is Clc1ccc2/c(c1)=C(c1ccccc1Cl)\N=c1/ccc(Cl)c/c1=C(c1ccccc1Cl)/N=2. The highest BCUT2D eigenvalue weighted by molar-refractivity contribution is 6.33. The van der Waals surface area contributed by atoms with Crippen molar-refractivity contribution in [1.82, 2.24) is 0 Å². The molecular weight excluding hydrogens is 482 g/mol. The van der Waals surface area contributed by atoms with E-state index in [-0.39, 0.29) is 0 Å². The topological polar surface area (TPSA) is 24.7 Å². The lowest BCUT2D eigenvalue weighted by Gasteiger charge is -2.11. The molecule has 0 radical (unpaired) electrons. The lowest BCUT2D eigenvalue weighted by atomic mass is 10.1. The molecule has 156 valence electrons. The molecule has 2 nitrogen and oxygen atoms in total. The van der Waals surface area contributed by atoms with E-state index < -0.39 is 0 Å². The van der Waals surface area contributed by atoms with E-state index in [1.807, 2.05) is 72.8 Å². The summed E-state index contributed by atoms with van der Waals surface area (Å²) in [5.41, 5.74) is 2.93. The second kappa shape index (κ2) is 8.73. The molecule has 6 heteroatoms. The van der Waals surface area contributed by atoms with Crippen molar-refractivity contribution in [2.45, 2.75) is 0 Å². The Morgan fingerprint density at radius 3 is 1.28 bits per heavy atom. The van der Waals surface area contributed by atoms with Gasteiger partial charge in [0.15, 0.2) is 0 Å². The first-order valence-electron chi connectivity index (χ1n) is 9.78. The summed E-state index contributed by atoms with van der Waals surface area (Å²) in [5, 5.41) is 5.28. The van der Waals surface area contributed by atoms with E-state index in [9.17, 15) is 0 Å². The summed E-state index contributed by atoms with van der Waals surface area (Å²) in [6, 6.07) is 26.2. The number of halogens is 4. The first kappa shape index (κ1) is 21.2. The largest absolute Gasteiger partial charge is 0.247 e. The van der Waals surface area contributed by atoms with Gasteiger partial charge in [-0.3, -0.25) is 0 Å². The average Bonchev–Trinajstić information content (AvgIpc) is 2.78. The molecule has 0 unspecified atom stereocenters. The Hall–Kier alpha value is -2.62. The number of hydrogen-bond donors (Lipinski definition) is 0. The molecule has 0 aliphatic carbocycles. The summed E-state index contributed by atoms with van der Waals surface area (Å²) in [6.07, 6.45) is 0. The summed E-state index contributed by atoms with van der Waals surface area (Å²) in [7, 11) is 0. The van der Waals surface area contributed by atoms with Crippen molar-refractivity contribution >= 4 is 57.8 Å². The first-order chi connectivity index (χ1) is 15.5. The predicted octanol–water partition coefficient (Wildman–Crippen LogP) is 5.57. The van der Waals surface area contributed by atoms with Crippen LogP contribution in [0.2, 0.25) is 20.1 Å². The van der Waals surface area contributed by atoms with Gasteiger partial charge in [-0.2, -0.15) is 0 Å². The Kier molecular flexibility index (Phi) is 5.79. The maximum atomic E-state index is 6.57. The minimum atomic E-state index is 0.579. The zero-order valence-electron chi connectivity index (χ0n) is 16.5. The van der Waals surface area contributed by atoms with Gasteiger partial charge in [0.1, 0.15) is 0 Å². The molecule has 0 aromatic heterocycles. The van der Waals surface area contributed by atoms with E-state index >= 15 is 0 Å². The maximum Gasteiger partial charge on any atom is 0.0819 e. The Bertz CT molecular complexity index is 1500. The summed E-state index contributed by atoms with van der Waals surface area (Å²) in [4.78, 5) is 10.1. The van der Waals surface area contributed by atoms with E-state index in [4.69, 9.17) is 56.4 Å². The van der Waals surface area contributed by atoms with E-state index in [0.29, 0.717) is 42.2 Å². The number of fused-ring (bicyclic) bond motifs is 2. The summed E-state index contributed by atoms with van der Waals surface area (Å²) in [5.74, 6) is 0. The van der Waals surface area contributed by atoms with Crippen LogP contribution < -0.4 is 21.2 Å². The fraction of sp³-hybridized carbons (Fsp3) is 0. The summed E-state index contributed by atoms with van der Waals surface area (Å²) < 4.78 is 0. The Balaban J connectivity index is 2.03. The molecule has 5 rings (SSSR count). The standard InChI is InChI=1S/C26H14Cl4N2/c27-15-9-11-23-19(13-15)25(17-5-1-3-7-21(17)29)31-24-12-10-16(28)14-20(24)26(32-23)18-6-2-4-8-22(18)30/h1-14H/b25-19-,26-20-,31-24+,31-25?,32-23+,32-26?. The summed E-state index contributed by atoms with van der Waals surface area (Å²) in [6.45, 7) is 0. The molecule has 0 atom stereocenters. The number of nitrogens with zero attached hydrogens (tertiary/aromatic N) is 2. The van der Waals surface area contributed by atoms with Crippen LogP contribution in [0.4, 0.5) is 0 Å². The third-order valence-electron chi connectivity index (χ3n) is 5.15. The lowest BCUT2D eigenvalue weighted by molar-refractivity contribution is 1.20. The molecule has 0 fully saturated rings. The predicted molar refractivity (Wildman–Crippen MR) is 132 cm³/mol. The minimum absolute atomic E-state index is 0.579. The van der Waals surface area contributed by atoms with Crippen LogP contribution >= 0.6 is 46.4 Å². The first-order valence-corrected chi connectivity index (χ1v) is 11.3. The molecule has 0 N–H and O–H groups in total. The van der Waals surface area contributed by atoms with Crippen molar-refractivity contribution < 1.29 is 0 Å². The zero-order chi connectivity index (χ0) is 22.2. The molecule has 0 saturated heterocycles. The Labute approximate surface area is 204 Å². The molecule has 1 aliphatic heterocycles. The van der Waals surface area contributed by atoms with E-state index in [1.165, 1.54) is 0 Å². The van der Waals surface area contributed by atoms with Crippen LogP contribution in [0.25, 0.3) is 11.4 Å². The van der Waals surface area contributed by atoms with Gasteiger partial charge in [-0.15, -0.1) is 0 Å². The van der Waals surface area contributed by atoms with Crippen LogP contribution in [0.5, 0.6) is 0 Å². The van der Waals surface area contributed by atoms with Crippen molar-refractivity contribution in [2.24, 2.45) is 9.98 Å². The van der Waals surface area contributed by atoms with Gasteiger partial charge < -0.3 is 0 Å². The Morgan fingerprint density at radius 1 is 0.469 bits per heavy atom. The molecule has 32 heavy (non-hydrogen) atoms. The fourth-order valence-electron chi connectivity index (χ4n) is 3.67. The van der Waals surface area contributed by atoms with E-state index in [2.05, 4.69) is 0 Å². The highest BCUT2D eigenvalue weighted by atomic mass is 35.5. The van der Waals surface area contributed by atoms with Crippen LogP contribution in [-0.4, -0.2) is 0 Å². The van der Waals surface area contributed by atoms with Crippen LogP contribution in [0.15, 0.2) is 94.9 Å². The highest BCUT2D eigenvalue weighted by Crippen LogP contribution is 2.24. The number of rotatable bonds is 2. The van der Waals surface area contributed by atoms with Gasteiger partial charge in [0.2, 0.25) is 0 Å². The second-order valence-electron chi connectivity index (χ2n) is 7.20. The van der Waals surface area contributed by atoms with Crippen LogP contribution in [0.3, 0.4) is 0 Å². The van der Waals surface area contributed by atoms with Gasteiger partial charge in [-0.1, -0.05) is 82.8 Å². The molecular formula is C26H14Cl4N2. The molecule has 1 aliphatic rings. The average molecular weight is 496 g/mol. The van der Waals surface area contributed by atoms with Gasteiger partial charge >= 0.3 is 0 Å². The highest BCUT2D eigenvalue weighted by Gasteiger charge is 2.14. The molecule has 0 spiro atoms. The van der Waals surface area contributed by atoms with Crippen LogP contribution in [0.1, 0.15) is 11.1 Å². The smallest absolute Gasteiger partial charge is 0.0819 e. The van der Waals surface area contributed by atoms with Gasteiger partial charge in [-0.25, -0.2) is 9.98 Å². The number of benzene rings is 4. The Morgan fingerprint density at radius 2 is 0.875 bits per heavy atom. The van der Waals surface area contributed by atoms with Gasteiger partial charge in [0, 0.05) is 41.7 Å². The van der Waals surface area contributed by atoms with Crippen molar-refractivity contribution in [2.75, 3.05) is 0 Å². The van der Waals surface area contributed by atoms with Crippen molar-refractivity contribution in [3.05, 3.63) is 137 Å².